The van der Waals surface area contributed by atoms with Crippen molar-refractivity contribution in [2.75, 3.05) is 5.32 Å². The number of aromatic nitrogens is 1. The number of aryl methyl sites for hydroxylation is 1. The van der Waals surface area contributed by atoms with Crippen LogP contribution >= 0.6 is 0 Å². The van der Waals surface area contributed by atoms with Gasteiger partial charge in [0.15, 0.2) is 0 Å². The van der Waals surface area contributed by atoms with E-state index in [0.29, 0.717) is 18.5 Å². The molecule has 2 heterocycles. The highest BCUT2D eigenvalue weighted by Crippen LogP contribution is 2.11. The summed E-state index contributed by atoms with van der Waals surface area (Å²) in [4.78, 5) is 26.7. The van der Waals surface area contributed by atoms with E-state index in [9.17, 15) is 9.59 Å². The molecule has 2 amide bonds. The van der Waals surface area contributed by atoms with Gasteiger partial charge in [0.2, 0.25) is 11.8 Å². The van der Waals surface area contributed by atoms with Crippen molar-refractivity contribution in [3.63, 3.8) is 0 Å². The van der Waals surface area contributed by atoms with Crippen molar-refractivity contribution in [1.29, 1.82) is 0 Å². The van der Waals surface area contributed by atoms with Crippen LogP contribution in [0, 0.1) is 6.92 Å². The Labute approximate surface area is 93.3 Å². The van der Waals surface area contributed by atoms with Gasteiger partial charge in [-0.1, -0.05) is 0 Å². The van der Waals surface area contributed by atoms with E-state index in [-0.39, 0.29) is 11.8 Å². The smallest absolute Gasteiger partial charge is 0.247 e. The molecule has 0 saturated carbocycles. The Hall–Kier alpha value is -1.91. The Kier molecular flexibility index (Phi) is 2.85. The molecule has 5 heteroatoms. The van der Waals surface area contributed by atoms with E-state index in [1.165, 1.54) is 0 Å². The average molecular weight is 219 g/mol. The minimum absolute atomic E-state index is 0.0671. The first-order valence-corrected chi connectivity index (χ1v) is 5.17. The number of amides is 2. The van der Waals surface area contributed by atoms with Gasteiger partial charge in [-0.2, -0.15) is 0 Å². The van der Waals surface area contributed by atoms with E-state index in [2.05, 4.69) is 15.6 Å². The van der Waals surface area contributed by atoms with Crippen molar-refractivity contribution in [2.24, 2.45) is 0 Å². The second-order valence-corrected chi connectivity index (χ2v) is 3.90. The maximum absolute atomic E-state index is 11.7. The molecule has 2 N–H and O–H groups in total. The summed E-state index contributed by atoms with van der Waals surface area (Å²) in [5, 5.41) is 5.35. The number of rotatable bonds is 2. The molecule has 84 valence electrons. The predicted octanol–water partition coefficient (Wildman–Crippen LogP) is 0.607. The molecule has 0 aromatic carbocycles. The van der Waals surface area contributed by atoms with Crippen LogP contribution in [0.2, 0.25) is 0 Å². The van der Waals surface area contributed by atoms with Gasteiger partial charge in [-0.3, -0.25) is 14.6 Å². The Morgan fingerprint density at radius 3 is 3.00 bits per heavy atom. The minimum atomic E-state index is -0.409. The molecule has 2 rings (SSSR count). The fraction of sp³-hybridized carbons (Fsp3) is 0.364. The maximum Gasteiger partial charge on any atom is 0.247 e. The SMILES string of the molecule is Cc1cncc(NC(=O)C2CCC(=O)N2)c1. The van der Waals surface area contributed by atoms with E-state index < -0.39 is 6.04 Å². The number of pyridine rings is 1. The topological polar surface area (TPSA) is 71.1 Å². The lowest BCUT2D eigenvalue weighted by atomic mass is 10.2. The third-order valence-electron chi connectivity index (χ3n) is 2.45. The van der Waals surface area contributed by atoms with Gasteiger partial charge in [0.25, 0.3) is 0 Å². The summed E-state index contributed by atoms with van der Waals surface area (Å²) < 4.78 is 0. The first-order valence-electron chi connectivity index (χ1n) is 5.17. The fourth-order valence-corrected chi connectivity index (χ4v) is 1.66. The molecule has 1 atom stereocenters. The molecule has 1 aromatic rings. The predicted molar refractivity (Wildman–Crippen MR) is 58.8 cm³/mol. The minimum Gasteiger partial charge on any atom is -0.344 e. The van der Waals surface area contributed by atoms with Crippen LogP contribution in [0.4, 0.5) is 5.69 Å². The van der Waals surface area contributed by atoms with Crippen molar-refractivity contribution >= 4 is 17.5 Å². The van der Waals surface area contributed by atoms with E-state index in [1.54, 1.807) is 12.4 Å². The largest absolute Gasteiger partial charge is 0.344 e. The van der Waals surface area contributed by atoms with Crippen LogP contribution in [0.25, 0.3) is 0 Å². The Bertz CT molecular complexity index is 431. The number of carbonyl (C=O) groups excluding carboxylic acids is 2. The van der Waals surface area contributed by atoms with E-state index in [4.69, 9.17) is 0 Å². The van der Waals surface area contributed by atoms with Crippen LogP contribution in [0.5, 0.6) is 0 Å². The van der Waals surface area contributed by atoms with Crippen molar-refractivity contribution in [3.8, 4) is 0 Å². The van der Waals surface area contributed by atoms with Crippen LogP contribution in [0.3, 0.4) is 0 Å². The van der Waals surface area contributed by atoms with E-state index >= 15 is 0 Å². The lowest BCUT2D eigenvalue weighted by Crippen LogP contribution is -2.37. The number of hydrogen-bond acceptors (Lipinski definition) is 3. The Balaban J connectivity index is 1.99. The summed E-state index contributed by atoms with van der Waals surface area (Å²) >= 11 is 0. The van der Waals surface area contributed by atoms with Gasteiger partial charge in [-0.05, 0) is 25.0 Å². The molecule has 1 fully saturated rings. The Morgan fingerprint density at radius 1 is 1.56 bits per heavy atom. The summed E-state index contributed by atoms with van der Waals surface area (Å²) in [6.07, 6.45) is 4.28. The zero-order chi connectivity index (χ0) is 11.5. The highest BCUT2D eigenvalue weighted by atomic mass is 16.2. The molecule has 1 unspecified atom stereocenters. The number of hydrogen-bond donors (Lipinski definition) is 2. The van der Waals surface area contributed by atoms with Crippen molar-refractivity contribution in [2.45, 2.75) is 25.8 Å². The zero-order valence-corrected chi connectivity index (χ0v) is 8.99. The summed E-state index contributed by atoms with van der Waals surface area (Å²) in [6, 6.07) is 1.43. The molecule has 1 saturated heterocycles. The third-order valence-corrected chi connectivity index (χ3v) is 2.45. The molecular weight excluding hydrogens is 206 g/mol. The van der Waals surface area contributed by atoms with Crippen LogP contribution in [0.15, 0.2) is 18.5 Å². The van der Waals surface area contributed by atoms with Crippen molar-refractivity contribution in [3.05, 3.63) is 24.0 Å². The third kappa shape index (κ3) is 2.36. The van der Waals surface area contributed by atoms with Gasteiger partial charge in [0, 0.05) is 12.6 Å². The van der Waals surface area contributed by atoms with Crippen molar-refractivity contribution in [1.82, 2.24) is 10.3 Å². The van der Waals surface area contributed by atoms with E-state index in [1.807, 2.05) is 13.0 Å². The highest BCUT2D eigenvalue weighted by Gasteiger charge is 2.27. The lowest BCUT2D eigenvalue weighted by molar-refractivity contribution is -0.122. The number of nitrogens with zero attached hydrogens (tertiary/aromatic N) is 1. The summed E-state index contributed by atoms with van der Waals surface area (Å²) in [6.45, 7) is 1.90. The molecule has 0 spiro atoms. The van der Waals surface area contributed by atoms with Gasteiger partial charge in [0.05, 0.1) is 11.9 Å². The van der Waals surface area contributed by atoms with Crippen LogP contribution in [-0.4, -0.2) is 22.8 Å². The molecule has 0 radical (unpaired) electrons. The Morgan fingerprint density at radius 2 is 2.38 bits per heavy atom. The fourth-order valence-electron chi connectivity index (χ4n) is 1.66. The molecule has 1 aliphatic heterocycles. The van der Waals surface area contributed by atoms with Gasteiger partial charge < -0.3 is 10.6 Å². The second-order valence-electron chi connectivity index (χ2n) is 3.90. The monoisotopic (exact) mass is 219 g/mol. The first kappa shape index (κ1) is 10.6. The van der Waals surface area contributed by atoms with Crippen LogP contribution in [-0.2, 0) is 9.59 Å². The molecule has 5 nitrogen and oxygen atoms in total. The van der Waals surface area contributed by atoms with Crippen molar-refractivity contribution < 1.29 is 9.59 Å². The highest BCUT2D eigenvalue weighted by molar-refractivity contribution is 5.98. The van der Waals surface area contributed by atoms with Gasteiger partial charge >= 0.3 is 0 Å². The summed E-state index contributed by atoms with van der Waals surface area (Å²) in [5.41, 5.74) is 1.64. The normalized spacial score (nSPS) is 19.3. The number of nitrogens with one attached hydrogen (secondary N) is 2. The van der Waals surface area contributed by atoms with Gasteiger partial charge in [-0.25, -0.2) is 0 Å². The second kappa shape index (κ2) is 4.30. The lowest BCUT2D eigenvalue weighted by Gasteiger charge is -2.10. The number of carbonyl (C=O) groups is 2. The molecule has 16 heavy (non-hydrogen) atoms. The first-order chi connectivity index (χ1) is 7.65. The quantitative estimate of drug-likeness (QED) is 0.765. The van der Waals surface area contributed by atoms with Crippen LogP contribution in [0.1, 0.15) is 18.4 Å². The maximum atomic E-state index is 11.7. The van der Waals surface area contributed by atoms with Gasteiger partial charge in [-0.15, -0.1) is 0 Å². The van der Waals surface area contributed by atoms with Crippen LogP contribution < -0.4 is 10.6 Å². The van der Waals surface area contributed by atoms with Gasteiger partial charge in [0.1, 0.15) is 6.04 Å². The summed E-state index contributed by atoms with van der Waals surface area (Å²) in [7, 11) is 0. The average Bonchev–Trinajstić information content (AvgIpc) is 2.65. The molecule has 1 aliphatic rings. The molecular formula is C11H13N3O2. The standard InChI is InChI=1S/C11H13N3O2/c1-7-4-8(6-12-5-7)13-11(16)9-2-3-10(15)14-9/h4-6,9H,2-3H2,1H3,(H,13,16)(H,14,15). The zero-order valence-electron chi connectivity index (χ0n) is 8.99. The van der Waals surface area contributed by atoms with E-state index in [0.717, 1.165) is 5.56 Å². The molecule has 0 bridgehead atoms. The number of anilines is 1. The molecule has 1 aromatic heterocycles. The molecule has 0 aliphatic carbocycles. The summed E-state index contributed by atoms with van der Waals surface area (Å²) in [5.74, 6) is -0.249.